The molecule has 0 fully saturated rings. The lowest BCUT2D eigenvalue weighted by molar-refractivity contribution is 0.386. The maximum Gasteiger partial charge on any atom is 0.0893 e. The van der Waals surface area contributed by atoms with Crippen molar-refractivity contribution in [2.75, 3.05) is 11.5 Å². The van der Waals surface area contributed by atoms with Crippen LogP contribution in [0.3, 0.4) is 0 Å². The fourth-order valence-corrected chi connectivity index (χ4v) is 2.22. The van der Waals surface area contributed by atoms with Crippen molar-refractivity contribution >= 4 is 25.3 Å². The summed E-state index contributed by atoms with van der Waals surface area (Å²) in [5, 5.41) is 0. The van der Waals surface area contributed by atoms with E-state index in [0.29, 0.717) is 0 Å². The summed E-state index contributed by atoms with van der Waals surface area (Å²) in [5.74, 6) is 1.77. The highest BCUT2D eigenvalue weighted by atomic mass is 32.1. The Morgan fingerprint density at radius 3 is 1.53 bits per heavy atom. The summed E-state index contributed by atoms with van der Waals surface area (Å²) < 4.78 is 5.58. The molecule has 0 N–H and O–H groups in total. The molecule has 0 saturated heterocycles. The molecule has 3 heteroatoms. The summed E-state index contributed by atoms with van der Waals surface area (Å²) >= 11 is 8.52. The topological polar surface area (TPSA) is 9.23 Å². The van der Waals surface area contributed by atoms with Gasteiger partial charge in [-0.15, -0.1) is 0 Å². The van der Waals surface area contributed by atoms with Gasteiger partial charge in [0.2, 0.25) is 0 Å². The first kappa shape index (κ1) is 17.0. The molecule has 0 aliphatic rings. The van der Waals surface area contributed by atoms with Crippen LogP contribution < -0.4 is 0 Å². The monoisotopic (exact) mass is 274 g/mol. The molecule has 0 aromatic carbocycles. The molecule has 0 spiro atoms. The van der Waals surface area contributed by atoms with Crippen LogP contribution in [0.2, 0.25) is 0 Å². The van der Waals surface area contributed by atoms with Crippen LogP contribution in [0.4, 0.5) is 0 Å². The van der Waals surface area contributed by atoms with Gasteiger partial charge in [-0.05, 0) is 48.3 Å². The molecular weight excluding hydrogens is 248 g/mol. The number of rotatable bonds is 10. The average Bonchev–Trinajstić information content (AvgIpc) is 2.30. The van der Waals surface area contributed by atoms with E-state index < -0.39 is 0 Å². The normalized spacial score (nSPS) is 12.9. The minimum Gasteiger partial charge on any atom is -0.473 e. The Morgan fingerprint density at radius 2 is 1.24 bits per heavy atom. The summed E-state index contributed by atoms with van der Waals surface area (Å²) in [5.41, 5.74) is 2.70. The minimum atomic E-state index is 0.886. The molecule has 17 heavy (non-hydrogen) atoms. The fraction of sp³-hybridized carbons (Fsp3) is 0.714. The largest absolute Gasteiger partial charge is 0.473 e. The van der Waals surface area contributed by atoms with Crippen molar-refractivity contribution in [3.8, 4) is 0 Å². The standard InChI is InChI=1S/C14H26OS2/c1-3-5-13(7-9-16)11-15-12-14(6-4-2)8-10-17/h11-12,16-17H,3-10H2,1-2H3. The number of hydrogen-bond donors (Lipinski definition) is 2. The number of ether oxygens (including phenoxy) is 1. The second-order valence-electron chi connectivity index (χ2n) is 4.14. The SMILES string of the molecule is CCCC(=COC=C(CCC)CCS)CCS. The van der Waals surface area contributed by atoms with Crippen LogP contribution in [0.15, 0.2) is 23.7 Å². The van der Waals surface area contributed by atoms with E-state index in [1.54, 1.807) is 0 Å². The highest BCUT2D eigenvalue weighted by molar-refractivity contribution is 7.80. The van der Waals surface area contributed by atoms with Gasteiger partial charge in [0.25, 0.3) is 0 Å². The predicted molar refractivity (Wildman–Crippen MR) is 84.0 cm³/mol. The van der Waals surface area contributed by atoms with Gasteiger partial charge in [0.1, 0.15) is 0 Å². The van der Waals surface area contributed by atoms with Gasteiger partial charge in [-0.25, -0.2) is 0 Å². The Balaban J connectivity index is 4.25. The quantitative estimate of drug-likeness (QED) is 0.420. The van der Waals surface area contributed by atoms with Crippen molar-refractivity contribution in [2.24, 2.45) is 0 Å². The van der Waals surface area contributed by atoms with E-state index in [1.165, 1.54) is 11.1 Å². The minimum absolute atomic E-state index is 0.886. The number of hydrogen-bond acceptors (Lipinski definition) is 3. The predicted octanol–water partition coefficient (Wildman–Crippen LogP) is 5.01. The van der Waals surface area contributed by atoms with Crippen LogP contribution >= 0.6 is 25.3 Å². The van der Waals surface area contributed by atoms with E-state index in [2.05, 4.69) is 39.1 Å². The van der Waals surface area contributed by atoms with Crippen molar-refractivity contribution < 1.29 is 4.74 Å². The van der Waals surface area contributed by atoms with Gasteiger partial charge in [0.05, 0.1) is 12.5 Å². The van der Waals surface area contributed by atoms with E-state index in [1.807, 2.05) is 12.5 Å². The molecule has 0 radical (unpaired) electrons. The summed E-state index contributed by atoms with van der Waals surface area (Å²) in [6.07, 6.45) is 10.3. The van der Waals surface area contributed by atoms with Gasteiger partial charge in [-0.2, -0.15) is 25.3 Å². The first-order valence-electron chi connectivity index (χ1n) is 6.51. The third-order valence-corrected chi connectivity index (χ3v) is 2.92. The molecule has 0 unspecified atom stereocenters. The van der Waals surface area contributed by atoms with Crippen LogP contribution in [0.1, 0.15) is 52.4 Å². The molecule has 0 bridgehead atoms. The van der Waals surface area contributed by atoms with Crippen molar-refractivity contribution in [3.63, 3.8) is 0 Å². The number of allylic oxidation sites excluding steroid dienone is 2. The van der Waals surface area contributed by atoms with Gasteiger partial charge in [-0.1, -0.05) is 26.7 Å². The van der Waals surface area contributed by atoms with Gasteiger partial charge in [-0.3, -0.25) is 0 Å². The zero-order valence-corrected chi connectivity index (χ0v) is 12.9. The lowest BCUT2D eigenvalue weighted by Crippen LogP contribution is -1.89. The molecular formula is C14H26OS2. The molecule has 0 heterocycles. The molecule has 0 aromatic rings. The van der Waals surface area contributed by atoms with Crippen LogP contribution in [-0.4, -0.2) is 11.5 Å². The molecule has 0 aliphatic heterocycles. The van der Waals surface area contributed by atoms with Crippen LogP contribution in [0, 0.1) is 0 Å². The van der Waals surface area contributed by atoms with Crippen LogP contribution in [-0.2, 0) is 4.74 Å². The zero-order chi connectivity index (χ0) is 12.9. The Bertz CT molecular complexity index is 194. The molecule has 100 valence electrons. The van der Waals surface area contributed by atoms with Gasteiger partial charge in [0.15, 0.2) is 0 Å². The highest BCUT2D eigenvalue weighted by Crippen LogP contribution is 2.14. The molecule has 0 aliphatic carbocycles. The van der Waals surface area contributed by atoms with Crippen molar-refractivity contribution in [1.82, 2.24) is 0 Å². The summed E-state index contributed by atoms with van der Waals surface area (Å²) in [4.78, 5) is 0. The Morgan fingerprint density at radius 1 is 0.824 bits per heavy atom. The lowest BCUT2D eigenvalue weighted by Gasteiger charge is -2.06. The van der Waals surface area contributed by atoms with Gasteiger partial charge >= 0.3 is 0 Å². The van der Waals surface area contributed by atoms with E-state index >= 15 is 0 Å². The first-order chi connectivity index (χ1) is 8.28. The Hall–Kier alpha value is -0.0200. The molecule has 0 atom stereocenters. The third kappa shape index (κ3) is 9.66. The van der Waals surface area contributed by atoms with E-state index in [4.69, 9.17) is 4.74 Å². The molecule has 1 nitrogen and oxygen atoms in total. The Labute approximate surface area is 118 Å². The van der Waals surface area contributed by atoms with Gasteiger partial charge < -0.3 is 4.74 Å². The van der Waals surface area contributed by atoms with E-state index in [-0.39, 0.29) is 0 Å². The van der Waals surface area contributed by atoms with Crippen molar-refractivity contribution in [3.05, 3.63) is 23.7 Å². The summed E-state index contributed by atoms with van der Waals surface area (Å²) in [6.45, 7) is 4.37. The van der Waals surface area contributed by atoms with Gasteiger partial charge in [0, 0.05) is 0 Å². The second-order valence-corrected chi connectivity index (χ2v) is 5.03. The third-order valence-electron chi connectivity index (χ3n) is 2.48. The summed E-state index contributed by atoms with van der Waals surface area (Å²) in [6, 6.07) is 0. The fourth-order valence-electron chi connectivity index (χ4n) is 1.64. The number of thiol groups is 2. The van der Waals surface area contributed by atoms with Crippen molar-refractivity contribution in [2.45, 2.75) is 52.4 Å². The summed E-state index contributed by atoms with van der Waals surface area (Å²) in [7, 11) is 0. The average molecular weight is 274 g/mol. The maximum absolute atomic E-state index is 5.58. The molecule has 0 aromatic heterocycles. The smallest absolute Gasteiger partial charge is 0.0893 e. The molecule has 0 rings (SSSR count). The molecule has 0 saturated carbocycles. The van der Waals surface area contributed by atoms with Crippen molar-refractivity contribution in [1.29, 1.82) is 0 Å². The molecule has 0 amide bonds. The van der Waals surface area contributed by atoms with Crippen LogP contribution in [0.25, 0.3) is 0 Å². The van der Waals surface area contributed by atoms with Crippen LogP contribution in [0.5, 0.6) is 0 Å². The Kier molecular flexibility index (Phi) is 12.4. The zero-order valence-electron chi connectivity index (χ0n) is 11.1. The van der Waals surface area contributed by atoms with E-state index in [9.17, 15) is 0 Å². The second kappa shape index (κ2) is 12.4. The first-order valence-corrected chi connectivity index (χ1v) is 7.77. The highest BCUT2D eigenvalue weighted by Gasteiger charge is 1.97. The lowest BCUT2D eigenvalue weighted by atomic mass is 10.1. The maximum atomic E-state index is 5.58. The van der Waals surface area contributed by atoms with E-state index in [0.717, 1.165) is 50.0 Å².